The number of para-hydroxylation sites is 1. The quantitative estimate of drug-likeness (QED) is 0.220. The molecule has 42 heavy (non-hydrogen) atoms. The number of carbonyl (C=O) groups is 2. The van der Waals surface area contributed by atoms with Gasteiger partial charge in [0.05, 0.1) is 31.0 Å². The minimum Gasteiger partial charge on any atom is -0.545 e. The summed E-state index contributed by atoms with van der Waals surface area (Å²) in [5.74, 6) is 0.0000494. The number of pyridine rings is 1. The van der Waals surface area contributed by atoms with Gasteiger partial charge in [0.2, 0.25) is 0 Å². The van der Waals surface area contributed by atoms with Gasteiger partial charge < -0.3 is 24.6 Å². The Morgan fingerprint density at radius 3 is 2.62 bits per heavy atom. The molecular weight excluding hydrogens is 528 g/mol. The third-order valence-electron chi connectivity index (χ3n) is 9.12. The van der Waals surface area contributed by atoms with Gasteiger partial charge in [-0.15, -0.1) is 6.58 Å². The molecule has 0 saturated carbocycles. The zero-order valence-corrected chi connectivity index (χ0v) is 23.3. The van der Waals surface area contributed by atoms with E-state index in [0.29, 0.717) is 29.2 Å². The Balaban J connectivity index is 0.000000151. The van der Waals surface area contributed by atoms with Crippen LogP contribution in [-0.2, 0) is 4.79 Å². The molecule has 0 spiro atoms. The normalized spacial score (nSPS) is 25.0. The summed E-state index contributed by atoms with van der Waals surface area (Å²) >= 11 is 0. The van der Waals surface area contributed by atoms with Crippen LogP contribution in [0.15, 0.2) is 97.7 Å². The molecule has 0 radical (unpaired) electrons. The van der Waals surface area contributed by atoms with Crippen LogP contribution in [0.5, 0.6) is 5.75 Å². The molecule has 3 aromatic carbocycles. The second-order valence-corrected chi connectivity index (χ2v) is 11.4. The van der Waals surface area contributed by atoms with E-state index >= 15 is 0 Å². The van der Waals surface area contributed by atoms with Crippen molar-refractivity contribution in [1.29, 1.82) is 0 Å². The molecule has 1 aromatic heterocycles. The molecule has 0 aliphatic carbocycles. The fraction of sp³-hybridized carbons (Fsp3) is 0.286. The van der Waals surface area contributed by atoms with E-state index < -0.39 is 12.1 Å². The highest BCUT2D eigenvalue weighted by atomic mass is 16.5. The van der Waals surface area contributed by atoms with E-state index in [-0.39, 0.29) is 23.9 Å². The van der Waals surface area contributed by atoms with Gasteiger partial charge >= 0.3 is 5.97 Å². The lowest BCUT2D eigenvalue weighted by Crippen LogP contribution is -3.20. The monoisotopic (exact) mass is 562 g/mol. The van der Waals surface area contributed by atoms with Crippen LogP contribution in [0.3, 0.4) is 0 Å². The van der Waals surface area contributed by atoms with Crippen LogP contribution in [-0.4, -0.2) is 41.2 Å². The number of aromatic nitrogens is 1. The zero-order valence-electron chi connectivity index (χ0n) is 23.3. The number of carboxylic acids is 1. The van der Waals surface area contributed by atoms with Gasteiger partial charge in [0.25, 0.3) is 0 Å². The number of nitrogens with one attached hydrogen (secondary N) is 1. The standard InChI is InChI=1S/C19H22N2O.C16H12O4/c1-2-13-12-21-10-8-14(13)11-18(21)19(22)16-7-9-20-17-6-4-3-5-15(16)17;17-15-9-12(10-4-2-1-3-5-10)13-8-11(16(18)19)6-7-14(13)20-15/h2-7,9,13-14,18-19,22H,1,8,10-12H2;1-8,12H,9H2,(H,18,19)/t13?,14?,18-,19+;12-/m01/s1. The molecule has 3 saturated heterocycles. The Bertz CT molecular complexity index is 1620. The first-order valence-electron chi connectivity index (χ1n) is 14.5. The summed E-state index contributed by atoms with van der Waals surface area (Å²) in [5.41, 5.74) is 3.75. The van der Waals surface area contributed by atoms with Gasteiger partial charge in [0.1, 0.15) is 17.9 Å². The van der Waals surface area contributed by atoms with E-state index in [4.69, 9.17) is 4.74 Å². The molecule has 4 aromatic rings. The fourth-order valence-electron chi connectivity index (χ4n) is 6.96. The van der Waals surface area contributed by atoms with Crippen molar-refractivity contribution < 1.29 is 29.4 Å². The number of piperidine rings is 3. The lowest BCUT2D eigenvalue weighted by molar-refractivity contribution is -0.949. The van der Waals surface area contributed by atoms with Crippen LogP contribution < -0.4 is 14.7 Å². The molecular formula is C35H34N2O5. The van der Waals surface area contributed by atoms with Crippen LogP contribution >= 0.6 is 0 Å². The Hall–Kier alpha value is -4.33. The molecule has 8 rings (SSSR count). The lowest BCUT2D eigenvalue weighted by Gasteiger charge is -2.47. The lowest BCUT2D eigenvalue weighted by atomic mass is 9.73. The summed E-state index contributed by atoms with van der Waals surface area (Å²) in [6.07, 6.45) is 6.10. The minimum absolute atomic E-state index is 0.0858. The maximum atomic E-state index is 11.7. The van der Waals surface area contributed by atoms with Gasteiger partial charge in [-0.2, -0.15) is 0 Å². The van der Waals surface area contributed by atoms with Gasteiger partial charge in [0.15, 0.2) is 0 Å². The number of aliphatic hydroxyl groups excluding tert-OH is 1. The summed E-state index contributed by atoms with van der Waals surface area (Å²) in [7, 11) is 0. The SMILES string of the molecule is C=CC1C[NH+]2CCC1C[C@H]2[C@H](O)c1ccnc2ccccc12.O=C1C[C@H](c2ccccc2)c2cc(C(=O)[O-])ccc2O1. The second kappa shape index (κ2) is 11.9. The number of hydrogen-bond acceptors (Lipinski definition) is 6. The van der Waals surface area contributed by atoms with Crippen molar-refractivity contribution in [2.45, 2.75) is 37.3 Å². The van der Waals surface area contributed by atoms with Crippen molar-refractivity contribution >= 4 is 22.8 Å². The zero-order chi connectivity index (χ0) is 29.2. The van der Waals surface area contributed by atoms with E-state index in [0.717, 1.165) is 35.0 Å². The van der Waals surface area contributed by atoms with Crippen LogP contribution in [0.1, 0.15) is 58.3 Å². The van der Waals surface area contributed by atoms with E-state index in [2.05, 4.69) is 23.7 Å². The van der Waals surface area contributed by atoms with Crippen LogP contribution in [0.25, 0.3) is 10.9 Å². The second-order valence-electron chi connectivity index (χ2n) is 11.4. The number of esters is 1. The Kier molecular flexibility index (Phi) is 7.87. The predicted molar refractivity (Wildman–Crippen MR) is 157 cm³/mol. The van der Waals surface area contributed by atoms with Crippen LogP contribution in [0.4, 0.5) is 0 Å². The number of aromatic carboxylic acids is 1. The molecule has 214 valence electrons. The van der Waals surface area contributed by atoms with Gasteiger partial charge in [-0.1, -0.05) is 54.6 Å². The van der Waals surface area contributed by atoms with E-state index in [1.807, 2.05) is 60.8 Å². The van der Waals surface area contributed by atoms with Crippen molar-refractivity contribution in [3.8, 4) is 5.75 Å². The number of ether oxygens (including phenoxy) is 1. The van der Waals surface area contributed by atoms with Gasteiger partial charge in [-0.3, -0.25) is 9.78 Å². The third kappa shape index (κ3) is 5.45. The van der Waals surface area contributed by atoms with Gasteiger partial charge in [-0.25, -0.2) is 0 Å². The van der Waals surface area contributed by atoms with Gasteiger partial charge in [0, 0.05) is 41.8 Å². The molecule has 2 bridgehead atoms. The molecule has 7 heteroatoms. The number of carboxylic acid groups (broad SMARTS) is 1. The molecule has 6 atom stereocenters. The largest absolute Gasteiger partial charge is 0.545 e. The predicted octanol–water partition coefficient (Wildman–Crippen LogP) is 3.24. The fourth-order valence-corrected chi connectivity index (χ4v) is 6.96. The Morgan fingerprint density at radius 1 is 1.10 bits per heavy atom. The number of rotatable bonds is 5. The highest BCUT2D eigenvalue weighted by Gasteiger charge is 2.45. The van der Waals surface area contributed by atoms with E-state index in [1.54, 1.807) is 4.90 Å². The highest BCUT2D eigenvalue weighted by molar-refractivity contribution is 5.87. The molecule has 7 nitrogen and oxygen atoms in total. The third-order valence-corrected chi connectivity index (χ3v) is 9.12. The van der Waals surface area contributed by atoms with Crippen molar-refractivity contribution in [3.63, 3.8) is 0 Å². The highest BCUT2D eigenvalue weighted by Crippen LogP contribution is 2.39. The number of aliphatic hydroxyl groups is 1. The molecule has 2 N–H and O–H groups in total. The Morgan fingerprint density at radius 2 is 1.88 bits per heavy atom. The molecule has 4 aliphatic heterocycles. The van der Waals surface area contributed by atoms with Crippen molar-refractivity contribution in [2.24, 2.45) is 11.8 Å². The summed E-state index contributed by atoms with van der Waals surface area (Å²) in [4.78, 5) is 28.6. The summed E-state index contributed by atoms with van der Waals surface area (Å²) < 4.78 is 5.17. The summed E-state index contributed by atoms with van der Waals surface area (Å²) in [5, 5.41) is 23.1. The van der Waals surface area contributed by atoms with E-state index in [9.17, 15) is 19.8 Å². The van der Waals surface area contributed by atoms with Gasteiger partial charge in [-0.05, 0) is 52.9 Å². The maximum absolute atomic E-state index is 11.7. The Labute approximate surface area is 245 Å². The maximum Gasteiger partial charge on any atom is 0.312 e. The van der Waals surface area contributed by atoms with Crippen molar-refractivity contribution in [3.05, 3.63) is 120 Å². The minimum atomic E-state index is -1.24. The first-order chi connectivity index (χ1) is 20.4. The average Bonchev–Trinajstić information content (AvgIpc) is 3.04. The first kappa shape index (κ1) is 27.8. The van der Waals surface area contributed by atoms with Crippen LogP contribution in [0.2, 0.25) is 0 Å². The average molecular weight is 563 g/mol. The molecule has 3 fully saturated rings. The van der Waals surface area contributed by atoms with E-state index in [1.165, 1.54) is 31.2 Å². The summed E-state index contributed by atoms with van der Waals surface area (Å²) in [6.45, 7) is 6.29. The molecule has 0 amide bonds. The summed E-state index contributed by atoms with van der Waals surface area (Å²) in [6, 6.07) is 24.3. The smallest absolute Gasteiger partial charge is 0.312 e. The number of benzene rings is 3. The molecule has 5 heterocycles. The first-order valence-corrected chi connectivity index (χ1v) is 14.5. The number of quaternary nitrogens is 1. The van der Waals surface area contributed by atoms with Crippen LogP contribution in [0, 0.1) is 11.8 Å². The number of hydrogen-bond donors (Lipinski definition) is 2. The molecule has 3 unspecified atom stereocenters. The number of carbonyl (C=O) groups excluding carboxylic acids is 2. The van der Waals surface area contributed by atoms with Crippen molar-refractivity contribution in [1.82, 2.24) is 4.98 Å². The number of nitrogens with zero attached hydrogens (tertiary/aromatic N) is 1. The molecule has 4 aliphatic rings. The topological polar surface area (TPSA) is 104 Å². The van der Waals surface area contributed by atoms with Crippen molar-refractivity contribution in [2.75, 3.05) is 13.1 Å². The number of fused-ring (bicyclic) bond motifs is 5.